The van der Waals surface area contributed by atoms with Crippen LogP contribution in [0.15, 0.2) is 77.2 Å². The van der Waals surface area contributed by atoms with E-state index in [4.69, 9.17) is 4.42 Å². The van der Waals surface area contributed by atoms with E-state index >= 15 is 0 Å². The fraction of sp³-hybridized carbons (Fsp3) is 0.259. The van der Waals surface area contributed by atoms with Gasteiger partial charge in [-0.25, -0.2) is 0 Å². The van der Waals surface area contributed by atoms with Crippen molar-refractivity contribution in [3.63, 3.8) is 0 Å². The molecule has 0 spiro atoms. The van der Waals surface area contributed by atoms with Crippen LogP contribution in [-0.2, 0) is 22.7 Å². The number of para-hydroxylation sites is 1. The van der Waals surface area contributed by atoms with Crippen molar-refractivity contribution in [3.05, 3.63) is 84.1 Å². The van der Waals surface area contributed by atoms with Crippen LogP contribution in [0.5, 0.6) is 0 Å². The zero-order valence-electron chi connectivity index (χ0n) is 18.3. The van der Waals surface area contributed by atoms with Crippen LogP contribution in [0.4, 0.5) is 0 Å². The number of hydrogen-bond acceptors (Lipinski definition) is 4. The first kappa shape index (κ1) is 20.0. The number of nitrogens with zero attached hydrogens (tertiary/aromatic N) is 3. The Kier molecular flexibility index (Phi) is 4.88. The minimum Gasteiger partial charge on any atom is -0.459 e. The molecule has 0 saturated carbocycles. The Hall–Kier alpha value is -3.64. The van der Waals surface area contributed by atoms with Gasteiger partial charge < -0.3 is 14.2 Å². The number of rotatable bonds is 4. The predicted molar refractivity (Wildman–Crippen MR) is 126 cm³/mol. The van der Waals surface area contributed by atoms with E-state index in [1.807, 2.05) is 42.5 Å². The van der Waals surface area contributed by atoms with Crippen molar-refractivity contribution in [3.8, 4) is 0 Å². The van der Waals surface area contributed by atoms with Gasteiger partial charge in [-0.2, -0.15) is 0 Å². The zero-order valence-corrected chi connectivity index (χ0v) is 18.3. The van der Waals surface area contributed by atoms with Crippen LogP contribution < -0.4 is 0 Å². The van der Waals surface area contributed by atoms with Crippen molar-refractivity contribution in [1.82, 2.24) is 14.7 Å². The van der Waals surface area contributed by atoms with E-state index in [1.165, 1.54) is 16.3 Å². The topological polar surface area (TPSA) is 57.0 Å². The third-order valence-electron chi connectivity index (χ3n) is 6.75. The second-order valence-corrected chi connectivity index (χ2v) is 8.96. The van der Waals surface area contributed by atoms with Crippen LogP contribution in [0.1, 0.15) is 11.3 Å². The summed E-state index contributed by atoms with van der Waals surface area (Å²) in [7, 11) is 0. The van der Waals surface area contributed by atoms with E-state index in [-0.39, 0.29) is 18.4 Å². The lowest BCUT2D eigenvalue weighted by molar-refractivity contribution is -0.160. The van der Waals surface area contributed by atoms with Gasteiger partial charge in [0.15, 0.2) is 0 Å². The molecular weight excluding hydrogens is 414 g/mol. The Morgan fingerprint density at radius 2 is 1.61 bits per heavy atom. The number of benzene rings is 3. The second kappa shape index (κ2) is 8.05. The van der Waals surface area contributed by atoms with Gasteiger partial charge in [-0.05, 0) is 34.5 Å². The average molecular weight is 440 g/mol. The Balaban J connectivity index is 1.18. The summed E-state index contributed by atoms with van der Waals surface area (Å²) >= 11 is 0. The highest BCUT2D eigenvalue weighted by atomic mass is 16.3. The van der Waals surface area contributed by atoms with Gasteiger partial charge in [-0.3, -0.25) is 14.5 Å². The standard InChI is InChI=1S/C27H25N3O3/c31-26-18-29(16-23-14-22-7-3-4-8-25(22)33-23)27(32)24-17-28(11-12-30(24)26)15-19-9-10-20-5-1-2-6-21(20)13-19/h1-10,13-14,24H,11-12,15-18H2. The Bertz CT molecular complexity index is 1330. The van der Waals surface area contributed by atoms with E-state index < -0.39 is 6.04 Å². The Labute approximate surface area is 192 Å². The molecule has 33 heavy (non-hydrogen) atoms. The summed E-state index contributed by atoms with van der Waals surface area (Å²) < 4.78 is 5.90. The molecule has 2 aliphatic rings. The highest BCUT2D eigenvalue weighted by Crippen LogP contribution is 2.25. The SMILES string of the molecule is O=C1C2CN(Cc3ccc4ccccc4c3)CCN2C(=O)CN1Cc1cc2ccccc2o1. The smallest absolute Gasteiger partial charge is 0.247 e. The predicted octanol–water partition coefficient (Wildman–Crippen LogP) is 3.64. The number of furan rings is 1. The number of piperazine rings is 2. The first-order chi connectivity index (χ1) is 16.1. The number of carbonyl (C=O) groups is 2. The van der Waals surface area contributed by atoms with E-state index in [1.54, 1.807) is 9.80 Å². The van der Waals surface area contributed by atoms with E-state index in [0.717, 1.165) is 24.1 Å². The summed E-state index contributed by atoms with van der Waals surface area (Å²) in [5.74, 6) is 0.717. The van der Waals surface area contributed by atoms with Crippen molar-refractivity contribution in [2.24, 2.45) is 0 Å². The lowest BCUT2D eigenvalue weighted by Crippen LogP contribution is -2.66. The highest BCUT2D eigenvalue weighted by Gasteiger charge is 2.42. The van der Waals surface area contributed by atoms with Crippen LogP contribution >= 0.6 is 0 Å². The van der Waals surface area contributed by atoms with Gasteiger partial charge in [0.2, 0.25) is 11.8 Å². The molecule has 2 saturated heterocycles. The van der Waals surface area contributed by atoms with Crippen LogP contribution in [0, 0.1) is 0 Å². The Morgan fingerprint density at radius 3 is 2.45 bits per heavy atom. The fourth-order valence-electron chi connectivity index (χ4n) is 5.07. The molecular formula is C27H25N3O3. The molecule has 1 unspecified atom stereocenters. The summed E-state index contributed by atoms with van der Waals surface area (Å²) in [6, 6.07) is 24.1. The highest BCUT2D eigenvalue weighted by molar-refractivity contribution is 5.95. The largest absolute Gasteiger partial charge is 0.459 e. The molecule has 3 aromatic carbocycles. The lowest BCUT2D eigenvalue weighted by Gasteiger charge is -2.46. The molecule has 1 atom stereocenters. The number of fused-ring (bicyclic) bond motifs is 3. The third kappa shape index (κ3) is 3.76. The minimum absolute atomic E-state index is 0.00160. The van der Waals surface area contributed by atoms with Gasteiger partial charge in [0.1, 0.15) is 23.9 Å². The van der Waals surface area contributed by atoms with Gasteiger partial charge in [0, 0.05) is 31.6 Å². The van der Waals surface area contributed by atoms with Crippen LogP contribution in [-0.4, -0.2) is 58.7 Å². The molecule has 6 heteroatoms. The normalized spacial score (nSPS) is 19.5. The number of amides is 2. The van der Waals surface area contributed by atoms with E-state index in [9.17, 15) is 9.59 Å². The first-order valence-corrected chi connectivity index (χ1v) is 11.4. The van der Waals surface area contributed by atoms with Crippen LogP contribution in [0.2, 0.25) is 0 Å². The summed E-state index contributed by atoms with van der Waals surface area (Å²) in [5.41, 5.74) is 2.01. The summed E-state index contributed by atoms with van der Waals surface area (Å²) in [5, 5.41) is 3.44. The molecule has 2 aliphatic heterocycles. The maximum absolute atomic E-state index is 13.4. The lowest BCUT2D eigenvalue weighted by atomic mass is 10.0. The molecule has 0 bridgehead atoms. The van der Waals surface area contributed by atoms with Crippen LogP contribution in [0.25, 0.3) is 21.7 Å². The van der Waals surface area contributed by atoms with E-state index in [2.05, 4.69) is 35.2 Å². The molecule has 0 N–H and O–H groups in total. The molecule has 166 valence electrons. The van der Waals surface area contributed by atoms with E-state index in [0.29, 0.717) is 25.4 Å². The number of hydrogen-bond donors (Lipinski definition) is 0. The third-order valence-corrected chi connectivity index (χ3v) is 6.75. The van der Waals surface area contributed by atoms with Gasteiger partial charge >= 0.3 is 0 Å². The summed E-state index contributed by atoms with van der Waals surface area (Å²) in [6.45, 7) is 3.09. The average Bonchev–Trinajstić information content (AvgIpc) is 3.25. The molecule has 1 aromatic heterocycles. The van der Waals surface area contributed by atoms with Crippen LogP contribution in [0.3, 0.4) is 0 Å². The maximum atomic E-state index is 13.4. The maximum Gasteiger partial charge on any atom is 0.247 e. The van der Waals surface area contributed by atoms with Crippen molar-refractivity contribution < 1.29 is 14.0 Å². The monoisotopic (exact) mass is 439 g/mol. The second-order valence-electron chi connectivity index (χ2n) is 8.96. The Morgan fingerprint density at radius 1 is 0.818 bits per heavy atom. The molecule has 6 nitrogen and oxygen atoms in total. The number of carbonyl (C=O) groups excluding carboxylic acids is 2. The molecule has 2 amide bonds. The van der Waals surface area contributed by atoms with Crippen molar-refractivity contribution in [2.45, 2.75) is 19.1 Å². The zero-order chi connectivity index (χ0) is 22.4. The quantitative estimate of drug-likeness (QED) is 0.487. The van der Waals surface area contributed by atoms with Gasteiger partial charge in [-0.15, -0.1) is 0 Å². The molecule has 4 aromatic rings. The minimum atomic E-state index is -0.440. The van der Waals surface area contributed by atoms with Crippen molar-refractivity contribution >= 4 is 33.6 Å². The summed E-state index contributed by atoms with van der Waals surface area (Å²) in [4.78, 5) is 31.9. The molecule has 0 aliphatic carbocycles. The fourth-order valence-corrected chi connectivity index (χ4v) is 5.07. The first-order valence-electron chi connectivity index (χ1n) is 11.4. The van der Waals surface area contributed by atoms with Gasteiger partial charge in [-0.1, -0.05) is 54.6 Å². The van der Waals surface area contributed by atoms with Crippen molar-refractivity contribution in [2.75, 3.05) is 26.2 Å². The molecule has 2 fully saturated rings. The molecule has 0 radical (unpaired) electrons. The van der Waals surface area contributed by atoms with Crippen molar-refractivity contribution in [1.29, 1.82) is 0 Å². The van der Waals surface area contributed by atoms with Gasteiger partial charge in [0.05, 0.1) is 6.54 Å². The molecule has 3 heterocycles. The summed E-state index contributed by atoms with van der Waals surface area (Å²) in [6.07, 6.45) is 0. The van der Waals surface area contributed by atoms with Gasteiger partial charge in [0.25, 0.3) is 0 Å². The molecule has 6 rings (SSSR count).